The Kier molecular flexibility index (Phi) is 4.92. The fraction of sp³-hybridized carbons (Fsp3) is 0.188. The van der Waals surface area contributed by atoms with Crippen LogP contribution in [0.3, 0.4) is 0 Å². The van der Waals surface area contributed by atoms with E-state index in [1.807, 2.05) is 0 Å². The molecule has 0 fully saturated rings. The summed E-state index contributed by atoms with van der Waals surface area (Å²) in [6, 6.07) is 10.7. The molecule has 0 aliphatic rings. The van der Waals surface area contributed by atoms with Crippen LogP contribution in [0.25, 0.3) is 0 Å². The Morgan fingerprint density at radius 2 is 2.04 bits per heavy atom. The summed E-state index contributed by atoms with van der Waals surface area (Å²) in [4.78, 5) is 22.6. The van der Waals surface area contributed by atoms with E-state index in [-0.39, 0.29) is 17.0 Å². The molecule has 0 unspecified atom stereocenters. The van der Waals surface area contributed by atoms with E-state index in [1.165, 1.54) is 19.2 Å². The highest BCUT2D eigenvalue weighted by Gasteiger charge is 2.18. The molecule has 2 aromatic carbocycles. The third kappa shape index (κ3) is 3.83. The fourth-order valence-electron chi connectivity index (χ4n) is 2.05. The minimum atomic E-state index is -0.658. The summed E-state index contributed by atoms with van der Waals surface area (Å²) in [5.41, 5.74) is 1.01. The number of nitrogens with one attached hydrogen (secondary N) is 1. The maximum atomic E-state index is 12.2. The number of methoxy groups -OCH3 is 1. The van der Waals surface area contributed by atoms with Gasteiger partial charge in [0.1, 0.15) is 0 Å². The van der Waals surface area contributed by atoms with Crippen molar-refractivity contribution in [1.29, 1.82) is 0 Å². The molecule has 0 saturated carbocycles. The number of aliphatic hydroxyl groups is 1. The van der Waals surface area contributed by atoms with Crippen LogP contribution in [0.15, 0.2) is 42.5 Å². The van der Waals surface area contributed by atoms with Crippen LogP contribution in [-0.4, -0.2) is 23.0 Å². The molecule has 2 N–H and O–H groups in total. The van der Waals surface area contributed by atoms with Crippen molar-refractivity contribution in [3.63, 3.8) is 0 Å². The van der Waals surface area contributed by atoms with Crippen molar-refractivity contribution in [2.45, 2.75) is 13.0 Å². The molecule has 1 amide bonds. The van der Waals surface area contributed by atoms with Crippen molar-refractivity contribution in [3.8, 4) is 5.75 Å². The number of anilines is 1. The van der Waals surface area contributed by atoms with Crippen LogP contribution >= 0.6 is 0 Å². The number of nitro groups is 1. The first kappa shape index (κ1) is 16.4. The maximum absolute atomic E-state index is 12.2. The average Bonchev–Trinajstić information content (AvgIpc) is 2.54. The minimum Gasteiger partial charge on any atom is -0.490 e. The van der Waals surface area contributed by atoms with Crippen LogP contribution < -0.4 is 10.1 Å². The van der Waals surface area contributed by atoms with Crippen molar-refractivity contribution in [3.05, 3.63) is 63.7 Å². The van der Waals surface area contributed by atoms with E-state index in [4.69, 9.17) is 4.74 Å². The number of benzene rings is 2. The number of hydrogen-bond donors (Lipinski definition) is 2. The predicted molar refractivity (Wildman–Crippen MR) is 84.7 cm³/mol. The molecule has 1 atom stereocenters. The van der Waals surface area contributed by atoms with Gasteiger partial charge in [0, 0.05) is 17.3 Å². The highest BCUT2D eigenvalue weighted by molar-refractivity contribution is 6.04. The number of hydrogen-bond acceptors (Lipinski definition) is 5. The Morgan fingerprint density at radius 3 is 2.65 bits per heavy atom. The molecular formula is C16H16N2O5. The smallest absolute Gasteiger partial charge is 0.311 e. The van der Waals surface area contributed by atoms with Crippen LogP contribution in [0.2, 0.25) is 0 Å². The molecule has 7 nitrogen and oxygen atoms in total. The van der Waals surface area contributed by atoms with Gasteiger partial charge in [0.2, 0.25) is 0 Å². The van der Waals surface area contributed by atoms with Crippen molar-refractivity contribution in [2.24, 2.45) is 0 Å². The molecule has 0 aliphatic carbocycles. The van der Waals surface area contributed by atoms with Crippen molar-refractivity contribution in [1.82, 2.24) is 0 Å². The molecule has 0 aliphatic heterocycles. The monoisotopic (exact) mass is 316 g/mol. The van der Waals surface area contributed by atoms with E-state index in [1.54, 1.807) is 31.2 Å². The molecule has 120 valence electrons. The summed E-state index contributed by atoms with van der Waals surface area (Å²) in [5.74, 6) is -0.402. The third-order valence-electron chi connectivity index (χ3n) is 3.26. The number of carbonyl (C=O) groups is 1. The maximum Gasteiger partial charge on any atom is 0.311 e. The standard InChI is InChI=1S/C16H16N2O5/c1-10(19)11-4-3-5-13(8-11)17-16(20)12-6-7-15(23-2)14(9-12)18(21)22/h3-10,19H,1-2H3,(H,17,20)/t10-/m1/s1. The number of ether oxygens (including phenoxy) is 1. The highest BCUT2D eigenvalue weighted by Crippen LogP contribution is 2.28. The van der Waals surface area contributed by atoms with Crippen LogP contribution in [-0.2, 0) is 0 Å². The molecule has 23 heavy (non-hydrogen) atoms. The summed E-state index contributed by atoms with van der Waals surface area (Å²) in [5, 5.41) is 23.2. The molecule has 0 spiro atoms. The number of aliphatic hydroxyl groups excluding tert-OH is 1. The first-order chi connectivity index (χ1) is 10.9. The van der Waals surface area contributed by atoms with Gasteiger partial charge in [-0.1, -0.05) is 12.1 Å². The second-order valence-corrected chi connectivity index (χ2v) is 4.90. The molecule has 0 radical (unpaired) electrons. The van der Waals surface area contributed by atoms with E-state index in [9.17, 15) is 20.0 Å². The lowest BCUT2D eigenvalue weighted by Crippen LogP contribution is -2.12. The number of carbonyl (C=O) groups excluding carboxylic acids is 1. The van der Waals surface area contributed by atoms with Crippen LogP contribution in [0.1, 0.15) is 28.9 Å². The summed E-state index contributed by atoms with van der Waals surface area (Å²) in [7, 11) is 1.32. The topological polar surface area (TPSA) is 102 Å². The normalized spacial score (nSPS) is 11.6. The number of nitro benzene ring substituents is 1. The van der Waals surface area contributed by atoms with Gasteiger partial charge >= 0.3 is 5.69 Å². The van der Waals surface area contributed by atoms with Gasteiger partial charge in [-0.15, -0.1) is 0 Å². The summed E-state index contributed by atoms with van der Waals surface area (Å²) in [6.07, 6.45) is -0.658. The zero-order valence-electron chi connectivity index (χ0n) is 12.6. The zero-order valence-corrected chi connectivity index (χ0v) is 12.6. The first-order valence-corrected chi connectivity index (χ1v) is 6.84. The summed E-state index contributed by atoms with van der Waals surface area (Å²) in [6.45, 7) is 1.62. The molecule has 2 aromatic rings. The van der Waals surface area contributed by atoms with Gasteiger partial charge in [-0.25, -0.2) is 0 Å². The molecular weight excluding hydrogens is 300 g/mol. The summed E-state index contributed by atoms with van der Waals surface area (Å²) >= 11 is 0. The van der Waals surface area contributed by atoms with Gasteiger partial charge < -0.3 is 15.2 Å². The largest absolute Gasteiger partial charge is 0.490 e. The van der Waals surface area contributed by atoms with E-state index >= 15 is 0 Å². The molecule has 0 aromatic heterocycles. The minimum absolute atomic E-state index is 0.0858. The van der Waals surface area contributed by atoms with Crippen LogP contribution in [0, 0.1) is 10.1 Å². The Morgan fingerprint density at radius 1 is 1.30 bits per heavy atom. The van der Waals surface area contributed by atoms with E-state index in [0.29, 0.717) is 11.3 Å². The number of amides is 1. The van der Waals surface area contributed by atoms with Gasteiger partial charge in [0.15, 0.2) is 5.75 Å². The fourth-order valence-corrected chi connectivity index (χ4v) is 2.05. The van der Waals surface area contributed by atoms with Crippen molar-refractivity contribution >= 4 is 17.3 Å². The predicted octanol–water partition coefficient (Wildman–Crippen LogP) is 2.91. The molecule has 0 saturated heterocycles. The first-order valence-electron chi connectivity index (χ1n) is 6.84. The van der Waals surface area contributed by atoms with Gasteiger partial charge in [0.25, 0.3) is 5.91 Å². The molecule has 0 heterocycles. The van der Waals surface area contributed by atoms with Crippen molar-refractivity contribution < 1.29 is 19.6 Å². The van der Waals surface area contributed by atoms with Crippen molar-refractivity contribution in [2.75, 3.05) is 12.4 Å². The summed E-state index contributed by atoms with van der Waals surface area (Å²) < 4.78 is 4.90. The van der Waals surface area contributed by atoms with E-state index < -0.39 is 16.9 Å². The molecule has 2 rings (SSSR count). The lowest BCUT2D eigenvalue weighted by Gasteiger charge is -2.09. The van der Waals surface area contributed by atoms with E-state index in [2.05, 4.69) is 5.32 Å². The molecule has 7 heteroatoms. The molecule has 0 bridgehead atoms. The quantitative estimate of drug-likeness (QED) is 0.652. The average molecular weight is 316 g/mol. The lowest BCUT2D eigenvalue weighted by molar-refractivity contribution is -0.385. The van der Waals surface area contributed by atoms with Gasteiger partial charge in [-0.05, 0) is 36.8 Å². The van der Waals surface area contributed by atoms with Crippen LogP contribution in [0.4, 0.5) is 11.4 Å². The number of nitrogens with zero attached hydrogens (tertiary/aromatic N) is 1. The SMILES string of the molecule is COc1ccc(C(=O)Nc2cccc([C@@H](C)O)c2)cc1[N+](=O)[O-]. The highest BCUT2D eigenvalue weighted by atomic mass is 16.6. The van der Waals surface area contributed by atoms with E-state index in [0.717, 1.165) is 6.07 Å². The second-order valence-electron chi connectivity index (χ2n) is 4.90. The van der Waals surface area contributed by atoms with Gasteiger partial charge in [0.05, 0.1) is 18.1 Å². The third-order valence-corrected chi connectivity index (χ3v) is 3.26. The number of rotatable bonds is 5. The Balaban J connectivity index is 2.26. The van der Waals surface area contributed by atoms with Crippen LogP contribution in [0.5, 0.6) is 5.75 Å². The van der Waals surface area contributed by atoms with Gasteiger partial charge in [-0.3, -0.25) is 14.9 Å². The Hall–Kier alpha value is -2.93. The zero-order chi connectivity index (χ0) is 17.0. The Labute approximate surface area is 132 Å². The second kappa shape index (κ2) is 6.89. The Bertz CT molecular complexity index is 743. The van der Waals surface area contributed by atoms with Gasteiger partial charge in [-0.2, -0.15) is 0 Å². The lowest BCUT2D eigenvalue weighted by atomic mass is 10.1.